The van der Waals surface area contributed by atoms with Gasteiger partial charge in [-0.3, -0.25) is 4.90 Å². The molecule has 2 unspecified atom stereocenters. The molecule has 1 N–H and O–H groups in total. The summed E-state index contributed by atoms with van der Waals surface area (Å²) < 4.78 is 0. The molecule has 0 radical (unpaired) electrons. The summed E-state index contributed by atoms with van der Waals surface area (Å²) in [6, 6.07) is 19.8. The topological polar surface area (TPSA) is 15.3 Å². The lowest BCUT2D eigenvalue weighted by Gasteiger charge is -2.39. The highest BCUT2D eigenvalue weighted by Gasteiger charge is 2.27. The van der Waals surface area contributed by atoms with Crippen LogP contribution in [0.4, 0.5) is 0 Å². The summed E-state index contributed by atoms with van der Waals surface area (Å²) in [5.41, 5.74) is 2.57. The Labute approximate surface area is 131 Å². The molecule has 2 aromatic carbocycles. The molecule has 2 nitrogen and oxygen atoms in total. The summed E-state index contributed by atoms with van der Waals surface area (Å²) in [6.45, 7) is 5.15. The van der Waals surface area contributed by atoms with Crippen LogP contribution in [0.3, 0.4) is 0 Å². The van der Waals surface area contributed by atoms with Crippen molar-refractivity contribution in [3.8, 4) is 0 Å². The van der Waals surface area contributed by atoms with Crippen molar-refractivity contribution in [3.05, 3.63) is 70.7 Å². The predicted octanol–water partition coefficient (Wildman–Crippen LogP) is 3.88. The van der Waals surface area contributed by atoms with E-state index in [1.807, 2.05) is 12.1 Å². The van der Waals surface area contributed by atoms with Crippen LogP contribution >= 0.6 is 11.6 Å². The Balaban J connectivity index is 1.84. The van der Waals surface area contributed by atoms with Crippen molar-refractivity contribution in [3.63, 3.8) is 0 Å². The predicted molar refractivity (Wildman–Crippen MR) is 88.5 cm³/mol. The van der Waals surface area contributed by atoms with Crippen molar-refractivity contribution < 1.29 is 0 Å². The van der Waals surface area contributed by atoms with Crippen LogP contribution in [0.1, 0.15) is 24.1 Å². The van der Waals surface area contributed by atoms with Gasteiger partial charge in [0.15, 0.2) is 0 Å². The zero-order chi connectivity index (χ0) is 14.7. The fourth-order valence-corrected chi connectivity index (χ4v) is 3.20. The Bertz CT molecular complexity index is 585. The molecule has 2 aromatic rings. The van der Waals surface area contributed by atoms with E-state index in [4.69, 9.17) is 11.6 Å². The Hall–Kier alpha value is -1.35. The Kier molecular flexibility index (Phi) is 4.59. The van der Waals surface area contributed by atoms with Crippen LogP contribution < -0.4 is 5.32 Å². The molecule has 0 aliphatic carbocycles. The van der Waals surface area contributed by atoms with Gasteiger partial charge in [0.2, 0.25) is 0 Å². The minimum Gasteiger partial charge on any atom is -0.311 e. The second-order valence-corrected chi connectivity index (χ2v) is 6.16. The lowest BCUT2D eigenvalue weighted by Crippen LogP contribution is -2.50. The van der Waals surface area contributed by atoms with Crippen LogP contribution in [0.25, 0.3) is 0 Å². The zero-order valence-corrected chi connectivity index (χ0v) is 13.1. The molecule has 1 fully saturated rings. The lowest BCUT2D eigenvalue weighted by atomic mass is 10.0. The van der Waals surface area contributed by atoms with Gasteiger partial charge in [-0.25, -0.2) is 0 Å². The number of rotatable bonds is 3. The molecule has 3 rings (SSSR count). The molecular formula is C18H21ClN2. The SMILES string of the molecule is CC1CN(Cc2ccccc2Cl)C(c2ccccc2)CN1. The van der Waals surface area contributed by atoms with Crippen molar-refractivity contribution in [1.29, 1.82) is 0 Å². The minimum absolute atomic E-state index is 0.402. The monoisotopic (exact) mass is 300 g/mol. The molecule has 1 saturated heterocycles. The Morgan fingerprint density at radius 2 is 1.81 bits per heavy atom. The summed E-state index contributed by atoms with van der Waals surface area (Å²) in [6.07, 6.45) is 0. The third kappa shape index (κ3) is 3.46. The smallest absolute Gasteiger partial charge is 0.0476 e. The molecule has 1 aliphatic rings. The van der Waals surface area contributed by atoms with Crippen molar-refractivity contribution in [2.45, 2.75) is 25.6 Å². The van der Waals surface area contributed by atoms with Gasteiger partial charge in [-0.15, -0.1) is 0 Å². The normalized spacial score (nSPS) is 23.1. The van der Waals surface area contributed by atoms with Crippen molar-refractivity contribution >= 4 is 11.6 Å². The number of nitrogens with one attached hydrogen (secondary N) is 1. The molecule has 21 heavy (non-hydrogen) atoms. The summed E-state index contributed by atoms with van der Waals surface area (Å²) >= 11 is 6.33. The van der Waals surface area contributed by atoms with E-state index < -0.39 is 0 Å². The lowest BCUT2D eigenvalue weighted by molar-refractivity contribution is 0.128. The third-order valence-corrected chi connectivity index (χ3v) is 4.49. The second kappa shape index (κ2) is 6.61. The van der Waals surface area contributed by atoms with E-state index in [0.29, 0.717) is 12.1 Å². The summed E-state index contributed by atoms with van der Waals surface area (Å²) in [7, 11) is 0. The van der Waals surface area contributed by atoms with Crippen LogP contribution in [0, 0.1) is 0 Å². The fraction of sp³-hybridized carbons (Fsp3) is 0.333. The highest BCUT2D eigenvalue weighted by molar-refractivity contribution is 6.31. The first kappa shape index (κ1) is 14.6. The molecule has 0 bridgehead atoms. The maximum Gasteiger partial charge on any atom is 0.0476 e. The number of nitrogens with zero attached hydrogens (tertiary/aromatic N) is 1. The Morgan fingerprint density at radius 3 is 2.57 bits per heavy atom. The van der Waals surface area contributed by atoms with Crippen LogP contribution in [0.15, 0.2) is 54.6 Å². The molecule has 3 heteroatoms. The average molecular weight is 301 g/mol. The third-order valence-electron chi connectivity index (χ3n) is 4.12. The van der Waals surface area contributed by atoms with Crippen LogP contribution in [-0.2, 0) is 6.54 Å². The van der Waals surface area contributed by atoms with Crippen molar-refractivity contribution in [2.75, 3.05) is 13.1 Å². The summed E-state index contributed by atoms with van der Waals surface area (Å²) in [5.74, 6) is 0. The van der Waals surface area contributed by atoms with Crippen LogP contribution in [0.2, 0.25) is 5.02 Å². The van der Waals surface area contributed by atoms with Crippen LogP contribution in [-0.4, -0.2) is 24.0 Å². The minimum atomic E-state index is 0.402. The quantitative estimate of drug-likeness (QED) is 0.925. The summed E-state index contributed by atoms with van der Waals surface area (Å²) in [5, 5.41) is 4.44. The van der Waals surface area contributed by atoms with Crippen molar-refractivity contribution in [1.82, 2.24) is 10.2 Å². The standard InChI is InChI=1S/C18H21ClN2/c1-14-12-21(13-16-9-5-6-10-17(16)19)18(11-20-14)15-7-3-2-4-8-15/h2-10,14,18,20H,11-13H2,1H3. The second-order valence-electron chi connectivity index (χ2n) is 5.76. The van der Waals surface area contributed by atoms with E-state index in [9.17, 15) is 0 Å². The first-order chi connectivity index (χ1) is 10.2. The fourth-order valence-electron chi connectivity index (χ4n) is 3.01. The first-order valence-electron chi connectivity index (χ1n) is 7.50. The largest absolute Gasteiger partial charge is 0.311 e. The van der Waals surface area contributed by atoms with E-state index >= 15 is 0 Å². The highest BCUT2D eigenvalue weighted by Crippen LogP contribution is 2.27. The zero-order valence-electron chi connectivity index (χ0n) is 12.3. The van der Waals surface area contributed by atoms with Gasteiger partial charge < -0.3 is 5.32 Å². The van der Waals surface area contributed by atoms with E-state index in [1.54, 1.807) is 0 Å². The van der Waals surface area contributed by atoms with E-state index in [-0.39, 0.29) is 0 Å². The molecule has 0 amide bonds. The number of benzene rings is 2. The number of hydrogen-bond donors (Lipinski definition) is 1. The summed E-state index contributed by atoms with van der Waals surface area (Å²) in [4.78, 5) is 2.53. The molecule has 1 heterocycles. The highest BCUT2D eigenvalue weighted by atomic mass is 35.5. The van der Waals surface area contributed by atoms with E-state index in [1.165, 1.54) is 11.1 Å². The first-order valence-corrected chi connectivity index (χ1v) is 7.87. The molecule has 0 aromatic heterocycles. The molecular weight excluding hydrogens is 280 g/mol. The molecule has 2 atom stereocenters. The molecule has 1 aliphatic heterocycles. The number of piperazine rings is 1. The molecule has 110 valence electrons. The molecule has 0 saturated carbocycles. The Morgan fingerprint density at radius 1 is 1.10 bits per heavy atom. The maximum atomic E-state index is 6.33. The van der Waals surface area contributed by atoms with E-state index in [0.717, 1.165) is 24.7 Å². The number of halogens is 1. The average Bonchev–Trinajstić information content (AvgIpc) is 2.51. The maximum absolute atomic E-state index is 6.33. The molecule has 0 spiro atoms. The van der Waals surface area contributed by atoms with Gasteiger partial charge in [-0.05, 0) is 24.1 Å². The van der Waals surface area contributed by atoms with E-state index in [2.05, 4.69) is 59.6 Å². The van der Waals surface area contributed by atoms with Gasteiger partial charge in [-0.2, -0.15) is 0 Å². The van der Waals surface area contributed by atoms with Gasteiger partial charge in [0.05, 0.1) is 0 Å². The van der Waals surface area contributed by atoms with Crippen LogP contribution in [0.5, 0.6) is 0 Å². The van der Waals surface area contributed by atoms with Gasteiger partial charge >= 0.3 is 0 Å². The van der Waals surface area contributed by atoms with Gasteiger partial charge in [0, 0.05) is 36.7 Å². The van der Waals surface area contributed by atoms with Gasteiger partial charge in [-0.1, -0.05) is 60.1 Å². The number of hydrogen-bond acceptors (Lipinski definition) is 2. The van der Waals surface area contributed by atoms with Gasteiger partial charge in [0.25, 0.3) is 0 Å². The van der Waals surface area contributed by atoms with Gasteiger partial charge in [0.1, 0.15) is 0 Å². The van der Waals surface area contributed by atoms with Crippen molar-refractivity contribution in [2.24, 2.45) is 0 Å².